The molecule has 0 rings (SSSR count). The Labute approximate surface area is 51.9 Å². The third kappa shape index (κ3) is 3.07. The number of carbonyl (C=O) groups is 1. The van der Waals surface area contributed by atoms with Crippen molar-refractivity contribution in [3.8, 4) is 12.1 Å². The van der Waals surface area contributed by atoms with Crippen molar-refractivity contribution < 1.29 is 9.90 Å². The molecule has 46 valence electrons. The number of nitrogens with zero attached hydrogens (tertiary/aromatic N) is 2. The fraction of sp³-hybridized carbons (Fsp3) is 0.400. The Balaban J connectivity index is 3.78. The third-order valence-electron chi connectivity index (χ3n) is 0.690. The van der Waals surface area contributed by atoms with Crippen molar-refractivity contribution in [1.82, 2.24) is 0 Å². The van der Waals surface area contributed by atoms with Gasteiger partial charge in [-0.2, -0.15) is 10.5 Å². The number of aliphatic carboxylic acids is 1. The molecule has 9 heavy (non-hydrogen) atoms. The maximum atomic E-state index is 9.83. The summed E-state index contributed by atoms with van der Waals surface area (Å²) < 4.78 is 0. The van der Waals surface area contributed by atoms with Crippen LogP contribution in [0, 0.1) is 28.6 Å². The number of nitriles is 2. The van der Waals surface area contributed by atoms with E-state index in [0.29, 0.717) is 0 Å². The van der Waals surface area contributed by atoms with Crippen molar-refractivity contribution in [1.29, 1.82) is 10.5 Å². The average Bonchev–Trinajstić information content (AvgIpc) is 1.82. The van der Waals surface area contributed by atoms with E-state index in [1.165, 1.54) is 0 Å². The van der Waals surface area contributed by atoms with Crippen molar-refractivity contribution in [3.05, 3.63) is 0 Å². The molecule has 4 heteroatoms. The minimum absolute atomic E-state index is 0.396. The molecule has 0 aliphatic carbocycles. The Morgan fingerprint density at radius 1 is 1.56 bits per heavy atom. The van der Waals surface area contributed by atoms with Crippen LogP contribution >= 0.6 is 0 Å². The normalized spacial score (nSPS) is 7.89. The first-order valence-electron chi connectivity index (χ1n) is 2.21. The number of hydrogen-bond acceptors (Lipinski definition) is 3. The predicted molar refractivity (Wildman–Crippen MR) is 27.0 cm³/mol. The third-order valence-corrected chi connectivity index (χ3v) is 0.690. The van der Waals surface area contributed by atoms with Gasteiger partial charge in [-0.1, -0.05) is 0 Å². The summed E-state index contributed by atoms with van der Waals surface area (Å²) in [4.78, 5) is 9.83. The Morgan fingerprint density at radius 2 is 2.00 bits per heavy atom. The predicted octanol–water partition coefficient (Wildman–Crippen LogP) is 0.124. The molecule has 0 aliphatic rings. The number of rotatable bonds is 2. The largest absolute Gasteiger partial charge is 0.481 e. The van der Waals surface area contributed by atoms with E-state index in [1.807, 2.05) is 0 Å². The van der Waals surface area contributed by atoms with Crippen LogP contribution in [-0.4, -0.2) is 11.1 Å². The lowest BCUT2D eigenvalue weighted by Crippen LogP contribution is -2.02. The molecular weight excluding hydrogens is 120 g/mol. The Hall–Kier alpha value is -1.55. The Bertz CT molecular complexity index is 172. The van der Waals surface area contributed by atoms with Gasteiger partial charge in [0.05, 0.1) is 18.6 Å². The lowest BCUT2D eigenvalue weighted by molar-refractivity contribution is -0.137. The highest BCUT2D eigenvalue weighted by molar-refractivity contribution is 5.67. The van der Waals surface area contributed by atoms with E-state index >= 15 is 0 Å². The monoisotopic (exact) mass is 124 g/mol. The second kappa shape index (κ2) is 3.45. The van der Waals surface area contributed by atoms with Crippen LogP contribution in [-0.2, 0) is 4.79 Å². The summed E-state index contributed by atoms with van der Waals surface area (Å²) >= 11 is 0. The molecule has 0 radical (unpaired) electrons. The second-order valence-corrected chi connectivity index (χ2v) is 1.41. The van der Waals surface area contributed by atoms with Crippen LogP contribution in [0.3, 0.4) is 0 Å². The Morgan fingerprint density at radius 3 is 2.11 bits per heavy atom. The second-order valence-electron chi connectivity index (χ2n) is 1.41. The lowest BCUT2D eigenvalue weighted by Gasteiger charge is -1.89. The van der Waals surface area contributed by atoms with Gasteiger partial charge in [-0.3, -0.25) is 4.79 Å². The van der Waals surface area contributed by atoms with Gasteiger partial charge < -0.3 is 5.11 Å². The maximum absolute atomic E-state index is 9.83. The van der Waals surface area contributed by atoms with Gasteiger partial charge in [0.2, 0.25) is 0 Å². The van der Waals surface area contributed by atoms with Crippen molar-refractivity contribution >= 4 is 5.97 Å². The fourth-order valence-electron chi connectivity index (χ4n) is 0.295. The lowest BCUT2D eigenvalue weighted by atomic mass is 10.1. The SMILES string of the molecule is N#CC(C#N)CC(=O)O. The Kier molecular flexibility index (Phi) is 2.86. The minimum Gasteiger partial charge on any atom is -0.481 e. The zero-order valence-electron chi connectivity index (χ0n) is 4.53. The molecule has 0 aromatic carbocycles. The van der Waals surface area contributed by atoms with Gasteiger partial charge in [-0.25, -0.2) is 0 Å². The van der Waals surface area contributed by atoms with E-state index in [0.717, 1.165) is 0 Å². The molecule has 0 fully saturated rings. The van der Waals surface area contributed by atoms with Crippen LogP contribution in [0.5, 0.6) is 0 Å². The molecular formula is C5H4N2O2. The molecule has 0 heterocycles. The van der Waals surface area contributed by atoms with Crippen LogP contribution < -0.4 is 0 Å². The van der Waals surface area contributed by atoms with Crippen LogP contribution in [0.15, 0.2) is 0 Å². The minimum atomic E-state index is -1.12. The molecule has 0 aromatic heterocycles. The summed E-state index contributed by atoms with van der Waals surface area (Å²) in [6.45, 7) is 0. The molecule has 0 atom stereocenters. The van der Waals surface area contributed by atoms with Gasteiger partial charge in [0.15, 0.2) is 0 Å². The molecule has 0 saturated heterocycles. The van der Waals surface area contributed by atoms with Crippen LogP contribution in [0.1, 0.15) is 6.42 Å². The first-order chi connectivity index (χ1) is 4.20. The zero-order valence-corrected chi connectivity index (χ0v) is 4.53. The van der Waals surface area contributed by atoms with Crippen molar-refractivity contribution in [2.24, 2.45) is 5.92 Å². The molecule has 0 bridgehead atoms. The van der Waals surface area contributed by atoms with Gasteiger partial charge in [0.25, 0.3) is 0 Å². The molecule has 0 saturated carbocycles. The van der Waals surface area contributed by atoms with Crippen molar-refractivity contribution in [3.63, 3.8) is 0 Å². The average molecular weight is 124 g/mol. The molecule has 0 amide bonds. The highest BCUT2D eigenvalue weighted by Gasteiger charge is 2.09. The summed E-state index contributed by atoms with van der Waals surface area (Å²) in [6, 6.07) is 3.08. The topological polar surface area (TPSA) is 84.9 Å². The quantitative estimate of drug-likeness (QED) is 0.566. The van der Waals surface area contributed by atoms with Crippen LogP contribution in [0.4, 0.5) is 0 Å². The van der Waals surface area contributed by atoms with E-state index in [-0.39, 0.29) is 0 Å². The van der Waals surface area contributed by atoms with Crippen LogP contribution in [0.25, 0.3) is 0 Å². The molecule has 0 aromatic rings. The number of carboxylic acid groups (broad SMARTS) is 1. The van der Waals surface area contributed by atoms with Crippen molar-refractivity contribution in [2.75, 3.05) is 0 Å². The smallest absolute Gasteiger partial charge is 0.305 e. The highest BCUT2D eigenvalue weighted by atomic mass is 16.4. The summed E-state index contributed by atoms with van der Waals surface area (Å²) in [5.41, 5.74) is 0. The molecule has 4 nitrogen and oxygen atoms in total. The standard InChI is InChI=1S/C5H4N2O2/c6-2-4(3-7)1-5(8)9/h4H,1H2,(H,8,9). The molecule has 0 spiro atoms. The first kappa shape index (κ1) is 7.45. The summed E-state index contributed by atoms with van der Waals surface area (Å²) in [5.74, 6) is -2.13. The van der Waals surface area contributed by atoms with E-state index in [9.17, 15) is 4.79 Å². The molecule has 0 aliphatic heterocycles. The highest BCUT2D eigenvalue weighted by Crippen LogP contribution is 1.97. The fourth-order valence-corrected chi connectivity index (χ4v) is 0.295. The number of hydrogen-bond donors (Lipinski definition) is 1. The maximum Gasteiger partial charge on any atom is 0.305 e. The van der Waals surface area contributed by atoms with Crippen molar-refractivity contribution in [2.45, 2.75) is 6.42 Å². The van der Waals surface area contributed by atoms with Crippen LogP contribution in [0.2, 0.25) is 0 Å². The van der Waals surface area contributed by atoms with Gasteiger partial charge >= 0.3 is 5.97 Å². The summed E-state index contributed by atoms with van der Waals surface area (Å²) in [5, 5.41) is 24.1. The van der Waals surface area contributed by atoms with E-state index in [4.69, 9.17) is 15.6 Å². The van der Waals surface area contributed by atoms with Gasteiger partial charge in [0.1, 0.15) is 5.92 Å². The van der Waals surface area contributed by atoms with Gasteiger partial charge in [-0.05, 0) is 0 Å². The van der Waals surface area contributed by atoms with E-state index in [1.54, 1.807) is 12.1 Å². The summed E-state index contributed by atoms with van der Waals surface area (Å²) in [7, 11) is 0. The van der Waals surface area contributed by atoms with Gasteiger partial charge in [-0.15, -0.1) is 0 Å². The summed E-state index contributed by atoms with van der Waals surface area (Å²) in [6.07, 6.45) is -0.396. The van der Waals surface area contributed by atoms with Gasteiger partial charge in [0, 0.05) is 0 Å². The first-order valence-corrected chi connectivity index (χ1v) is 2.21. The molecule has 0 unspecified atom stereocenters. The number of carboxylic acids is 1. The zero-order chi connectivity index (χ0) is 7.28. The molecule has 1 N–H and O–H groups in total. The van der Waals surface area contributed by atoms with E-state index in [2.05, 4.69) is 0 Å². The van der Waals surface area contributed by atoms with E-state index < -0.39 is 18.3 Å².